The Morgan fingerprint density at radius 2 is 1.95 bits per heavy atom. The van der Waals surface area contributed by atoms with Gasteiger partial charge < -0.3 is 14.3 Å². The van der Waals surface area contributed by atoms with Gasteiger partial charge in [-0.25, -0.2) is 0 Å². The van der Waals surface area contributed by atoms with Crippen molar-refractivity contribution in [2.24, 2.45) is 0 Å². The molecule has 0 bridgehead atoms. The van der Waals surface area contributed by atoms with Gasteiger partial charge in [0.25, 0.3) is 0 Å². The maximum absolute atomic E-state index is 10.7. The Morgan fingerprint density at radius 3 is 2.52 bits per heavy atom. The SMILES string of the molecule is COc1ccc(C(C)(C)C)cc1-c1ccc(CC(=O)O)o1. The minimum absolute atomic E-state index is 0.0114. The molecule has 2 aromatic rings. The normalized spacial score (nSPS) is 11.4. The molecule has 1 aromatic carbocycles. The van der Waals surface area contributed by atoms with Gasteiger partial charge >= 0.3 is 5.97 Å². The summed E-state index contributed by atoms with van der Waals surface area (Å²) in [6, 6.07) is 9.44. The topological polar surface area (TPSA) is 59.7 Å². The molecular weight excluding hydrogens is 268 g/mol. The number of carboxylic acids is 1. The molecule has 2 rings (SSSR count). The second kappa shape index (κ2) is 5.64. The van der Waals surface area contributed by atoms with Gasteiger partial charge in [0.2, 0.25) is 0 Å². The van der Waals surface area contributed by atoms with Crippen LogP contribution in [0.15, 0.2) is 34.7 Å². The average molecular weight is 288 g/mol. The molecule has 0 saturated carbocycles. The first-order chi connectivity index (χ1) is 9.81. The van der Waals surface area contributed by atoms with Gasteiger partial charge in [0.05, 0.1) is 12.7 Å². The molecule has 4 heteroatoms. The summed E-state index contributed by atoms with van der Waals surface area (Å²) in [6.45, 7) is 6.41. The minimum atomic E-state index is -0.911. The van der Waals surface area contributed by atoms with Crippen LogP contribution in [-0.2, 0) is 16.6 Å². The molecule has 0 amide bonds. The van der Waals surface area contributed by atoms with Crippen molar-refractivity contribution in [1.29, 1.82) is 0 Å². The molecule has 4 nitrogen and oxygen atoms in total. The van der Waals surface area contributed by atoms with Crippen molar-refractivity contribution in [2.75, 3.05) is 7.11 Å². The first kappa shape index (κ1) is 15.2. The van der Waals surface area contributed by atoms with Crippen LogP contribution < -0.4 is 4.74 Å². The number of hydrogen-bond donors (Lipinski definition) is 1. The van der Waals surface area contributed by atoms with Crippen molar-refractivity contribution in [2.45, 2.75) is 32.6 Å². The molecule has 0 unspecified atom stereocenters. The fraction of sp³-hybridized carbons (Fsp3) is 0.353. The fourth-order valence-electron chi connectivity index (χ4n) is 2.13. The van der Waals surface area contributed by atoms with E-state index in [1.807, 2.05) is 18.2 Å². The van der Waals surface area contributed by atoms with Crippen molar-refractivity contribution in [3.63, 3.8) is 0 Å². The van der Waals surface area contributed by atoms with Crippen molar-refractivity contribution in [3.05, 3.63) is 41.7 Å². The van der Waals surface area contributed by atoms with E-state index in [1.54, 1.807) is 19.2 Å². The summed E-state index contributed by atoms with van der Waals surface area (Å²) in [7, 11) is 1.61. The van der Waals surface area contributed by atoms with Crippen LogP contribution in [-0.4, -0.2) is 18.2 Å². The van der Waals surface area contributed by atoms with Gasteiger partial charge in [-0.3, -0.25) is 4.79 Å². The first-order valence-corrected chi connectivity index (χ1v) is 6.80. The van der Waals surface area contributed by atoms with E-state index >= 15 is 0 Å². The molecule has 0 aliphatic rings. The third-order valence-electron chi connectivity index (χ3n) is 3.32. The van der Waals surface area contributed by atoms with Gasteiger partial charge in [0.1, 0.15) is 23.7 Å². The molecule has 1 aromatic heterocycles. The van der Waals surface area contributed by atoms with E-state index in [1.165, 1.54) is 0 Å². The second-order valence-corrected chi connectivity index (χ2v) is 6.00. The summed E-state index contributed by atoms with van der Waals surface area (Å²) in [5.41, 5.74) is 2.01. The number of aliphatic carboxylic acids is 1. The molecule has 1 N–H and O–H groups in total. The number of methoxy groups -OCH3 is 1. The number of ether oxygens (including phenoxy) is 1. The van der Waals surface area contributed by atoms with E-state index in [0.717, 1.165) is 11.1 Å². The van der Waals surface area contributed by atoms with Crippen LogP contribution in [0.3, 0.4) is 0 Å². The van der Waals surface area contributed by atoms with Gasteiger partial charge in [-0.15, -0.1) is 0 Å². The van der Waals surface area contributed by atoms with E-state index in [4.69, 9.17) is 14.3 Å². The van der Waals surface area contributed by atoms with Gasteiger partial charge in [-0.2, -0.15) is 0 Å². The molecular formula is C17H20O4. The maximum atomic E-state index is 10.7. The van der Waals surface area contributed by atoms with Gasteiger partial charge in [-0.05, 0) is 35.2 Å². The average Bonchev–Trinajstić information content (AvgIpc) is 2.84. The maximum Gasteiger partial charge on any atom is 0.311 e. The summed E-state index contributed by atoms with van der Waals surface area (Å²) in [5.74, 6) is 0.848. The van der Waals surface area contributed by atoms with Gasteiger partial charge in [0, 0.05) is 0 Å². The minimum Gasteiger partial charge on any atom is -0.496 e. The summed E-state index contributed by atoms with van der Waals surface area (Å²) < 4.78 is 11.0. The van der Waals surface area contributed by atoms with Crippen LogP contribution in [0.2, 0.25) is 0 Å². The lowest BCUT2D eigenvalue weighted by Gasteiger charge is -2.20. The molecule has 112 valence electrons. The zero-order valence-corrected chi connectivity index (χ0v) is 12.8. The molecule has 0 fully saturated rings. The van der Waals surface area contributed by atoms with E-state index in [9.17, 15) is 4.79 Å². The molecule has 1 heterocycles. The van der Waals surface area contributed by atoms with Crippen LogP contribution in [0.5, 0.6) is 5.75 Å². The Labute approximate surface area is 124 Å². The zero-order valence-electron chi connectivity index (χ0n) is 12.8. The number of hydrogen-bond acceptors (Lipinski definition) is 3. The Bertz CT molecular complexity index is 647. The summed E-state index contributed by atoms with van der Waals surface area (Å²) >= 11 is 0. The Morgan fingerprint density at radius 1 is 1.24 bits per heavy atom. The van der Waals surface area contributed by atoms with E-state index in [0.29, 0.717) is 17.3 Å². The largest absolute Gasteiger partial charge is 0.496 e. The molecule has 0 aliphatic heterocycles. The fourth-order valence-corrected chi connectivity index (χ4v) is 2.13. The standard InChI is InChI=1S/C17H20O4/c1-17(2,3)11-5-7-14(20-4)13(9-11)15-8-6-12(21-15)10-16(18)19/h5-9H,10H2,1-4H3,(H,18,19). The van der Waals surface area contributed by atoms with Crippen molar-refractivity contribution >= 4 is 5.97 Å². The highest BCUT2D eigenvalue weighted by Gasteiger charge is 2.18. The van der Waals surface area contributed by atoms with Crippen LogP contribution >= 0.6 is 0 Å². The number of benzene rings is 1. The summed E-state index contributed by atoms with van der Waals surface area (Å²) in [4.78, 5) is 10.7. The molecule has 0 radical (unpaired) electrons. The van der Waals surface area contributed by atoms with E-state index < -0.39 is 5.97 Å². The molecule has 0 atom stereocenters. The number of carbonyl (C=O) groups is 1. The first-order valence-electron chi connectivity index (χ1n) is 6.80. The van der Waals surface area contributed by atoms with Crippen molar-refractivity contribution in [1.82, 2.24) is 0 Å². The van der Waals surface area contributed by atoms with Crippen LogP contribution in [0.25, 0.3) is 11.3 Å². The van der Waals surface area contributed by atoms with Crippen molar-refractivity contribution in [3.8, 4) is 17.1 Å². The molecule has 21 heavy (non-hydrogen) atoms. The number of carboxylic acid groups (broad SMARTS) is 1. The highest BCUT2D eigenvalue weighted by molar-refractivity contribution is 5.71. The van der Waals surface area contributed by atoms with Crippen LogP contribution in [0, 0.1) is 0 Å². The van der Waals surface area contributed by atoms with Crippen LogP contribution in [0.4, 0.5) is 0 Å². The molecule has 0 spiro atoms. The molecule has 0 saturated heterocycles. The molecule has 0 aliphatic carbocycles. The lowest BCUT2D eigenvalue weighted by Crippen LogP contribution is -2.11. The Hall–Kier alpha value is -2.23. The predicted octanol–water partition coefficient (Wildman–Crippen LogP) is 3.88. The van der Waals surface area contributed by atoms with E-state index in [2.05, 4.69) is 20.8 Å². The van der Waals surface area contributed by atoms with Gasteiger partial charge in [0.15, 0.2) is 0 Å². The quantitative estimate of drug-likeness (QED) is 0.927. The third-order valence-corrected chi connectivity index (χ3v) is 3.32. The smallest absolute Gasteiger partial charge is 0.311 e. The third kappa shape index (κ3) is 3.45. The van der Waals surface area contributed by atoms with Crippen molar-refractivity contribution < 1.29 is 19.1 Å². The lowest BCUT2D eigenvalue weighted by molar-refractivity contribution is -0.136. The monoisotopic (exact) mass is 288 g/mol. The number of furan rings is 1. The second-order valence-electron chi connectivity index (χ2n) is 6.00. The predicted molar refractivity (Wildman–Crippen MR) is 80.7 cm³/mol. The van der Waals surface area contributed by atoms with E-state index in [-0.39, 0.29) is 11.8 Å². The summed E-state index contributed by atoms with van der Waals surface area (Å²) in [6.07, 6.45) is -0.124. The van der Waals surface area contributed by atoms with Crippen LogP contribution in [0.1, 0.15) is 32.1 Å². The lowest BCUT2D eigenvalue weighted by atomic mass is 9.86. The Balaban J connectivity index is 2.46. The Kier molecular flexibility index (Phi) is 4.07. The number of rotatable bonds is 4. The summed E-state index contributed by atoms with van der Waals surface area (Å²) in [5, 5.41) is 8.81. The van der Waals surface area contributed by atoms with Gasteiger partial charge in [-0.1, -0.05) is 26.8 Å². The highest BCUT2D eigenvalue weighted by atomic mass is 16.5. The zero-order chi connectivity index (χ0) is 15.6. The highest BCUT2D eigenvalue weighted by Crippen LogP contribution is 2.35.